The van der Waals surface area contributed by atoms with E-state index in [0.717, 1.165) is 6.07 Å². The number of halogens is 3. The number of ether oxygens (including phenoxy) is 1. The normalized spacial score (nSPS) is 18.7. The summed E-state index contributed by atoms with van der Waals surface area (Å²) in [5.74, 6) is 0.321. The fraction of sp³-hybridized carbons (Fsp3) is 0.286. The highest BCUT2D eigenvalue weighted by Crippen LogP contribution is 2.36. The highest BCUT2D eigenvalue weighted by Gasteiger charge is 2.36. The quantitative estimate of drug-likeness (QED) is 0.372. The molecule has 9 heteroatoms. The van der Waals surface area contributed by atoms with Crippen molar-refractivity contribution in [2.24, 2.45) is 0 Å². The van der Waals surface area contributed by atoms with Crippen molar-refractivity contribution >= 4 is 22.5 Å². The number of aromatic nitrogens is 2. The number of hydrogen-bond donors (Lipinski definition) is 1. The third-order valence-electron chi connectivity index (χ3n) is 6.27. The molecule has 37 heavy (non-hydrogen) atoms. The van der Waals surface area contributed by atoms with E-state index in [1.165, 1.54) is 6.07 Å². The van der Waals surface area contributed by atoms with E-state index in [9.17, 15) is 18.0 Å². The van der Waals surface area contributed by atoms with Gasteiger partial charge in [0.05, 0.1) is 28.9 Å². The Hall–Kier alpha value is -3.69. The summed E-state index contributed by atoms with van der Waals surface area (Å²) in [7, 11) is 0. The number of rotatable bonds is 5. The second-order valence-corrected chi connectivity index (χ2v) is 9.36. The number of benzene rings is 2. The minimum Gasteiger partial charge on any atom is -0.373 e. The van der Waals surface area contributed by atoms with Crippen LogP contribution in [0.4, 0.5) is 24.7 Å². The molecule has 4 aromatic rings. The highest BCUT2D eigenvalue weighted by molar-refractivity contribution is 5.84. The van der Waals surface area contributed by atoms with Gasteiger partial charge in [-0.2, -0.15) is 13.2 Å². The molecule has 1 saturated heterocycles. The molecule has 0 unspecified atom stereocenters. The zero-order valence-corrected chi connectivity index (χ0v) is 20.5. The number of alkyl halides is 3. The lowest BCUT2D eigenvalue weighted by molar-refractivity contribution is -0.136. The van der Waals surface area contributed by atoms with Gasteiger partial charge < -0.3 is 10.1 Å². The Bertz CT molecular complexity index is 1450. The van der Waals surface area contributed by atoms with Crippen LogP contribution >= 0.6 is 0 Å². The van der Waals surface area contributed by atoms with Gasteiger partial charge in [0.25, 0.3) is 0 Å². The second kappa shape index (κ2) is 9.99. The molecule has 1 aliphatic rings. The standard InChI is InChI=1S/C28H27F3N4O2/c1-18-15-34(16-19(2)37-18)17-21-13-23(28(29,30)31)26-24(36)14-25(32-20-9-5-3-6-10-20)35(27(26)33-21)22-11-7-4-8-12-22/h3-14,18-19,32H,15-17H2,1-2H3/t18-,19+. The third kappa shape index (κ3) is 5.38. The molecule has 2 aromatic heterocycles. The minimum atomic E-state index is -4.73. The van der Waals surface area contributed by atoms with Crippen LogP contribution in [0.5, 0.6) is 0 Å². The number of anilines is 2. The molecule has 0 bridgehead atoms. The van der Waals surface area contributed by atoms with Crippen molar-refractivity contribution in [2.75, 3.05) is 18.4 Å². The van der Waals surface area contributed by atoms with Crippen LogP contribution in [-0.4, -0.2) is 39.7 Å². The number of hydrogen-bond acceptors (Lipinski definition) is 5. The van der Waals surface area contributed by atoms with Gasteiger partial charge in [-0.3, -0.25) is 14.3 Å². The van der Waals surface area contributed by atoms with Gasteiger partial charge in [0.15, 0.2) is 11.1 Å². The van der Waals surface area contributed by atoms with E-state index in [4.69, 9.17) is 4.74 Å². The Balaban J connectivity index is 1.75. The average molecular weight is 509 g/mol. The van der Waals surface area contributed by atoms with E-state index in [1.54, 1.807) is 28.8 Å². The van der Waals surface area contributed by atoms with E-state index in [1.807, 2.05) is 55.1 Å². The second-order valence-electron chi connectivity index (χ2n) is 9.36. The van der Waals surface area contributed by atoms with Crippen molar-refractivity contribution in [3.8, 4) is 5.69 Å². The lowest BCUT2D eigenvalue weighted by Gasteiger charge is -2.35. The van der Waals surface area contributed by atoms with Crippen molar-refractivity contribution in [3.63, 3.8) is 0 Å². The van der Waals surface area contributed by atoms with Crippen LogP contribution < -0.4 is 10.7 Å². The van der Waals surface area contributed by atoms with Crippen LogP contribution in [0.25, 0.3) is 16.7 Å². The first-order valence-electron chi connectivity index (χ1n) is 12.1. The number of pyridine rings is 2. The molecule has 6 nitrogen and oxygen atoms in total. The van der Waals surface area contributed by atoms with Gasteiger partial charge in [0.2, 0.25) is 0 Å². The monoisotopic (exact) mass is 508 g/mol. The maximum atomic E-state index is 14.3. The highest BCUT2D eigenvalue weighted by atomic mass is 19.4. The predicted octanol–water partition coefficient (Wildman–Crippen LogP) is 5.76. The summed E-state index contributed by atoms with van der Waals surface area (Å²) in [6.45, 7) is 5.23. The molecule has 192 valence electrons. The van der Waals surface area contributed by atoms with Gasteiger partial charge in [-0.25, -0.2) is 4.98 Å². The molecule has 1 aliphatic heterocycles. The zero-order valence-electron chi connectivity index (χ0n) is 20.5. The molecular weight excluding hydrogens is 481 g/mol. The Morgan fingerprint density at radius 3 is 2.22 bits per heavy atom. The SMILES string of the molecule is C[C@@H]1CN(Cc2cc(C(F)(F)F)c3c(=O)cc(Nc4ccccc4)n(-c4ccccc4)c3n2)C[C@H](C)O1. The van der Waals surface area contributed by atoms with Crippen LogP contribution in [0, 0.1) is 0 Å². The van der Waals surface area contributed by atoms with Gasteiger partial charge in [0.1, 0.15) is 5.82 Å². The predicted molar refractivity (Wildman–Crippen MR) is 137 cm³/mol. The lowest BCUT2D eigenvalue weighted by atomic mass is 10.1. The molecule has 2 atom stereocenters. The van der Waals surface area contributed by atoms with Crippen molar-refractivity contribution in [2.45, 2.75) is 38.8 Å². The maximum absolute atomic E-state index is 14.3. The topological polar surface area (TPSA) is 59.4 Å². The molecule has 0 radical (unpaired) electrons. The van der Waals surface area contributed by atoms with E-state index < -0.39 is 22.6 Å². The van der Waals surface area contributed by atoms with E-state index in [0.29, 0.717) is 30.3 Å². The largest absolute Gasteiger partial charge is 0.417 e. The van der Waals surface area contributed by atoms with Crippen LogP contribution in [-0.2, 0) is 17.5 Å². The molecule has 0 amide bonds. The van der Waals surface area contributed by atoms with Crippen molar-refractivity contribution in [3.05, 3.63) is 94.3 Å². The van der Waals surface area contributed by atoms with Crippen LogP contribution in [0.1, 0.15) is 25.1 Å². The molecule has 1 N–H and O–H groups in total. The summed E-state index contributed by atoms with van der Waals surface area (Å²) < 4.78 is 50.4. The fourth-order valence-electron chi connectivity index (χ4n) is 4.91. The summed E-state index contributed by atoms with van der Waals surface area (Å²) >= 11 is 0. The first kappa shape index (κ1) is 25.0. The molecule has 3 heterocycles. The number of nitrogens with one attached hydrogen (secondary N) is 1. The van der Waals surface area contributed by atoms with Gasteiger partial charge in [-0.15, -0.1) is 0 Å². The number of fused-ring (bicyclic) bond motifs is 1. The summed E-state index contributed by atoms with van der Waals surface area (Å²) in [6.07, 6.45) is -4.82. The van der Waals surface area contributed by atoms with Gasteiger partial charge >= 0.3 is 6.18 Å². The number of para-hydroxylation sites is 2. The first-order chi connectivity index (χ1) is 17.7. The number of morpholine rings is 1. The molecule has 0 saturated carbocycles. The fourth-order valence-corrected chi connectivity index (χ4v) is 4.91. The molecule has 5 rings (SSSR count). The van der Waals surface area contributed by atoms with Crippen molar-refractivity contribution in [1.29, 1.82) is 0 Å². The summed E-state index contributed by atoms with van der Waals surface area (Å²) in [5, 5.41) is 2.73. The summed E-state index contributed by atoms with van der Waals surface area (Å²) in [6, 6.07) is 20.3. The van der Waals surface area contributed by atoms with Crippen molar-refractivity contribution in [1.82, 2.24) is 14.5 Å². The Labute approximate surface area is 212 Å². The van der Waals surface area contributed by atoms with E-state index in [-0.39, 0.29) is 30.1 Å². The first-order valence-corrected chi connectivity index (χ1v) is 12.1. The third-order valence-corrected chi connectivity index (χ3v) is 6.27. The average Bonchev–Trinajstić information content (AvgIpc) is 2.83. The maximum Gasteiger partial charge on any atom is 0.417 e. The minimum absolute atomic E-state index is 0.0451. The molecule has 0 spiro atoms. The van der Waals surface area contributed by atoms with Crippen LogP contribution in [0.15, 0.2) is 77.6 Å². The van der Waals surface area contributed by atoms with Gasteiger partial charge in [-0.1, -0.05) is 36.4 Å². The van der Waals surface area contributed by atoms with Crippen molar-refractivity contribution < 1.29 is 17.9 Å². The number of nitrogens with zero attached hydrogens (tertiary/aromatic N) is 3. The lowest BCUT2D eigenvalue weighted by Crippen LogP contribution is -2.45. The smallest absolute Gasteiger partial charge is 0.373 e. The Kier molecular flexibility index (Phi) is 6.74. The Morgan fingerprint density at radius 2 is 1.59 bits per heavy atom. The summed E-state index contributed by atoms with van der Waals surface area (Å²) in [4.78, 5) is 19.9. The van der Waals surface area contributed by atoms with E-state index >= 15 is 0 Å². The molecular formula is C28H27F3N4O2. The molecule has 2 aromatic carbocycles. The van der Waals surface area contributed by atoms with Crippen LogP contribution in [0.2, 0.25) is 0 Å². The Morgan fingerprint density at radius 1 is 0.973 bits per heavy atom. The van der Waals surface area contributed by atoms with Crippen LogP contribution in [0.3, 0.4) is 0 Å². The molecule has 0 aliphatic carbocycles. The van der Waals surface area contributed by atoms with Gasteiger partial charge in [0, 0.05) is 37.1 Å². The van der Waals surface area contributed by atoms with Gasteiger partial charge in [-0.05, 0) is 44.2 Å². The summed E-state index contributed by atoms with van der Waals surface area (Å²) in [5.41, 5.74) is -0.270. The molecule has 1 fully saturated rings. The zero-order chi connectivity index (χ0) is 26.2. The van der Waals surface area contributed by atoms with E-state index in [2.05, 4.69) is 10.3 Å².